The Hall–Kier alpha value is -2.01. The molecular weight excluding hydrogens is 334 g/mol. The lowest BCUT2D eigenvalue weighted by Gasteiger charge is -2.11. The number of nitrogens with one attached hydrogen (secondary N) is 1. The molecule has 0 aromatic heterocycles. The molecule has 0 spiro atoms. The van der Waals surface area contributed by atoms with Gasteiger partial charge in [0.15, 0.2) is 11.5 Å². The Labute approximate surface area is 132 Å². The summed E-state index contributed by atoms with van der Waals surface area (Å²) in [4.78, 5) is 12.3. The average molecular weight is 350 g/mol. The molecule has 0 saturated heterocycles. The van der Waals surface area contributed by atoms with Crippen molar-refractivity contribution in [1.29, 1.82) is 0 Å². The highest BCUT2D eigenvalue weighted by Gasteiger charge is 2.12. The molecule has 4 nitrogen and oxygen atoms in total. The van der Waals surface area contributed by atoms with Gasteiger partial charge in [-0.2, -0.15) is 0 Å². The summed E-state index contributed by atoms with van der Waals surface area (Å²) in [7, 11) is 3.10. The van der Waals surface area contributed by atoms with Crippen molar-refractivity contribution in [2.45, 2.75) is 6.92 Å². The molecule has 5 heteroatoms. The first-order valence-corrected chi connectivity index (χ1v) is 7.14. The number of ether oxygens (including phenoxy) is 2. The number of amides is 1. The zero-order valence-corrected chi connectivity index (χ0v) is 13.7. The summed E-state index contributed by atoms with van der Waals surface area (Å²) in [5.41, 5.74) is 2.27. The van der Waals surface area contributed by atoms with Gasteiger partial charge in [-0.15, -0.1) is 0 Å². The quantitative estimate of drug-likeness (QED) is 0.906. The van der Waals surface area contributed by atoms with Crippen LogP contribution in [0.3, 0.4) is 0 Å². The van der Waals surface area contributed by atoms with Crippen molar-refractivity contribution in [2.24, 2.45) is 0 Å². The van der Waals surface area contributed by atoms with Gasteiger partial charge >= 0.3 is 0 Å². The predicted molar refractivity (Wildman–Crippen MR) is 86.4 cm³/mol. The standard InChI is InChI=1S/C16H16BrNO3/c1-10-4-6-12(17)9-13(10)18-16(19)11-5-7-14(20-2)15(8-11)21-3/h4-9H,1-3H3,(H,18,19). The molecule has 0 heterocycles. The molecule has 21 heavy (non-hydrogen) atoms. The maximum atomic E-state index is 12.3. The third-order valence-electron chi connectivity index (χ3n) is 3.09. The van der Waals surface area contributed by atoms with Crippen LogP contribution in [0.4, 0.5) is 5.69 Å². The van der Waals surface area contributed by atoms with Gasteiger partial charge in [0.25, 0.3) is 5.91 Å². The maximum absolute atomic E-state index is 12.3. The molecule has 2 rings (SSSR count). The zero-order chi connectivity index (χ0) is 15.4. The number of rotatable bonds is 4. The minimum atomic E-state index is -0.197. The van der Waals surface area contributed by atoms with E-state index in [1.807, 2.05) is 25.1 Å². The van der Waals surface area contributed by atoms with Crippen molar-refractivity contribution in [3.63, 3.8) is 0 Å². The molecule has 0 aliphatic rings. The first-order chi connectivity index (χ1) is 10.0. The summed E-state index contributed by atoms with van der Waals surface area (Å²) in [5.74, 6) is 0.918. The number of hydrogen-bond acceptors (Lipinski definition) is 3. The van der Waals surface area contributed by atoms with Crippen molar-refractivity contribution in [3.8, 4) is 11.5 Å². The molecular formula is C16H16BrNO3. The van der Waals surface area contributed by atoms with Gasteiger partial charge < -0.3 is 14.8 Å². The molecule has 0 bridgehead atoms. The smallest absolute Gasteiger partial charge is 0.255 e. The summed E-state index contributed by atoms with van der Waals surface area (Å²) in [6.45, 7) is 1.94. The Balaban J connectivity index is 2.26. The average Bonchev–Trinajstić information content (AvgIpc) is 2.50. The van der Waals surface area contributed by atoms with Crippen molar-refractivity contribution >= 4 is 27.5 Å². The fourth-order valence-corrected chi connectivity index (χ4v) is 2.26. The van der Waals surface area contributed by atoms with Crippen molar-refractivity contribution in [1.82, 2.24) is 0 Å². The van der Waals surface area contributed by atoms with Crippen LogP contribution in [0.15, 0.2) is 40.9 Å². The fourth-order valence-electron chi connectivity index (χ4n) is 1.90. The lowest BCUT2D eigenvalue weighted by molar-refractivity contribution is 0.102. The second-order valence-electron chi connectivity index (χ2n) is 4.48. The highest BCUT2D eigenvalue weighted by molar-refractivity contribution is 9.10. The Morgan fingerprint density at radius 1 is 1.05 bits per heavy atom. The first-order valence-electron chi connectivity index (χ1n) is 6.34. The molecule has 0 aliphatic heterocycles. The first kappa shape index (κ1) is 15.4. The SMILES string of the molecule is COc1ccc(C(=O)Nc2cc(Br)ccc2C)cc1OC. The van der Waals surface area contributed by atoms with Crippen LogP contribution in [0.5, 0.6) is 11.5 Å². The number of methoxy groups -OCH3 is 2. The summed E-state index contributed by atoms with van der Waals surface area (Å²) < 4.78 is 11.3. The van der Waals surface area contributed by atoms with Gasteiger partial charge in [0.2, 0.25) is 0 Å². The van der Waals surface area contributed by atoms with Crippen LogP contribution in [0, 0.1) is 6.92 Å². The molecule has 1 amide bonds. The van der Waals surface area contributed by atoms with Gasteiger partial charge in [-0.3, -0.25) is 4.79 Å². The molecule has 0 saturated carbocycles. The van der Waals surface area contributed by atoms with Crippen LogP contribution in [-0.4, -0.2) is 20.1 Å². The number of carbonyl (C=O) groups excluding carboxylic acids is 1. The molecule has 0 atom stereocenters. The number of carbonyl (C=O) groups is 1. The topological polar surface area (TPSA) is 47.6 Å². The molecule has 0 aliphatic carbocycles. The number of aryl methyl sites for hydroxylation is 1. The van der Waals surface area contributed by atoms with Crippen LogP contribution in [0.1, 0.15) is 15.9 Å². The number of anilines is 1. The number of benzene rings is 2. The number of halogens is 1. The van der Waals surface area contributed by atoms with Crippen LogP contribution in [0.2, 0.25) is 0 Å². The van der Waals surface area contributed by atoms with E-state index in [0.29, 0.717) is 17.1 Å². The summed E-state index contributed by atoms with van der Waals surface area (Å²) in [5, 5.41) is 2.89. The monoisotopic (exact) mass is 349 g/mol. The second kappa shape index (κ2) is 6.63. The van der Waals surface area contributed by atoms with E-state index >= 15 is 0 Å². The number of hydrogen-bond donors (Lipinski definition) is 1. The molecule has 2 aromatic rings. The molecule has 2 aromatic carbocycles. The molecule has 0 radical (unpaired) electrons. The van der Waals surface area contributed by atoms with E-state index in [2.05, 4.69) is 21.2 Å². The van der Waals surface area contributed by atoms with Gasteiger partial charge in [0.1, 0.15) is 0 Å². The van der Waals surface area contributed by atoms with Crippen molar-refractivity contribution < 1.29 is 14.3 Å². The predicted octanol–water partition coefficient (Wildman–Crippen LogP) is 4.03. The van der Waals surface area contributed by atoms with Gasteiger partial charge in [-0.25, -0.2) is 0 Å². The van der Waals surface area contributed by atoms with Crippen LogP contribution in [-0.2, 0) is 0 Å². The normalized spacial score (nSPS) is 10.1. The van der Waals surface area contributed by atoms with E-state index in [4.69, 9.17) is 9.47 Å². The molecule has 0 unspecified atom stereocenters. The Morgan fingerprint density at radius 3 is 2.43 bits per heavy atom. The van der Waals surface area contributed by atoms with Crippen molar-refractivity contribution in [2.75, 3.05) is 19.5 Å². The third kappa shape index (κ3) is 3.55. The van der Waals surface area contributed by atoms with Gasteiger partial charge in [-0.1, -0.05) is 22.0 Å². The van der Waals surface area contributed by atoms with Gasteiger partial charge in [0, 0.05) is 15.7 Å². The van der Waals surface area contributed by atoms with E-state index in [1.54, 1.807) is 25.3 Å². The summed E-state index contributed by atoms with van der Waals surface area (Å²) in [6.07, 6.45) is 0. The van der Waals surface area contributed by atoms with Crippen LogP contribution >= 0.6 is 15.9 Å². The maximum Gasteiger partial charge on any atom is 0.255 e. The van der Waals surface area contributed by atoms with Crippen molar-refractivity contribution in [3.05, 3.63) is 52.0 Å². The van der Waals surface area contributed by atoms with Gasteiger partial charge in [0.05, 0.1) is 14.2 Å². The lowest BCUT2D eigenvalue weighted by Crippen LogP contribution is -2.13. The third-order valence-corrected chi connectivity index (χ3v) is 3.59. The van der Waals surface area contributed by atoms with E-state index in [0.717, 1.165) is 15.7 Å². The van der Waals surface area contributed by atoms with E-state index in [-0.39, 0.29) is 5.91 Å². The largest absolute Gasteiger partial charge is 0.493 e. The highest BCUT2D eigenvalue weighted by Crippen LogP contribution is 2.28. The van der Waals surface area contributed by atoms with Crippen LogP contribution < -0.4 is 14.8 Å². The summed E-state index contributed by atoms with van der Waals surface area (Å²) in [6, 6.07) is 10.8. The van der Waals surface area contributed by atoms with Gasteiger partial charge in [-0.05, 0) is 42.8 Å². The Kier molecular flexibility index (Phi) is 4.85. The molecule has 1 N–H and O–H groups in total. The van der Waals surface area contributed by atoms with Crippen LogP contribution in [0.25, 0.3) is 0 Å². The highest BCUT2D eigenvalue weighted by atomic mass is 79.9. The van der Waals surface area contributed by atoms with E-state index in [1.165, 1.54) is 7.11 Å². The van der Waals surface area contributed by atoms with E-state index in [9.17, 15) is 4.79 Å². The molecule has 0 fully saturated rings. The lowest BCUT2D eigenvalue weighted by atomic mass is 10.1. The second-order valence-corrected chi connectivity index (χ2v) is 5.40. The Morgan fingerprint density at radius 2 is 1.76 bits per heavy atom. The minimum Gasteiger partial charge on any atom is -0.493 e. The van der Waals surface area contributed by atoms with E-state index < -0.39 is 0 Å². The molecule has 110 valence electrons. The Bertz CT molecular complexity index is 671. The minimum absolute atomic E-state index is 0.197. The fraction of sp³-hybridized carbons (Fsp3) is 0.188. The summed E-state index contributed by atoms with van der Waals surface area (Å²) >= 11 is 3.40. The zero-order valence-electron chi connectivity index (χ0n) is 12.1.